The monoisotopic (exact) mass is 433 g/mol. The van der Waals surface area contributed by atoms with Gasteiger partial charge in [0.15, 0.2) is 6.10 Å². The molecule has 6 heteroatoms. The molecule has 3 aromatic rings. The smallest absolute Gasteiger partial charge is 0.254 e. The second-order valence-corrected chi connectivity index (χ2v) is 7.87. The van der Waals surface area contributed by atoms with Crippen molar-refractivity contribution in [3.8, 4) is 5.75 Å². The number of likely N-dealkylation sites (tertiary alicyclic amines) is 1. The summed E-state index contributed by atoms with van der Waals surface area (Å²) in [7, 11) is 1.57. The number of nitrogens with zero attached hydrogens (tertiary/aromatic N) is 1. The van der Waals surface area contributed by atoms with Gasteiger partial charge in [-0.3, -0.25) is 4.79 Å². The number of aliphatic hydroxyl groups is 2. The number of ether oxygens (including phenoxy) is 2. The third kappa shape index (κ3) is 4.67. The van der Waals surface area contributed by atoms with Crippen molar-refractivity contribution >= 4 is 5.91 Å². The highest BCUT2D eigenvalue weighted by Gasteiger charge is 2.53. The number of β-lactam (4-membered cyclic amide) rings is 1. The molecule has 0 saturated carbocycles. The maximum atomic E-state index is 12.9. The third-order valence-corrected chi connectivity index (χ3v) is 5.80. The van der Waals surface area contributed by atoms with Crippen molar-refractivity contribution in [2.24, 2.45) is 0 Å². The second kappa shape index (κ2) is 9.96. The lowest BCUT2D eigenvalue weighted by Crippen LogP contribution is -2.70. The van der Waals surface area contributed by atoms with E-state index in [0.717, 1.165) is 11.1 Å². The van der Waals surface area contributed by atoms with Crippen LogP contribution in [-0.4, -0.2) is 46.4 Å². The maximum absolute atomic E-state index is 12.9. The molecular weight excluding hydrogens is 406 g/mol. The van der Waals surface area contributed by atoms with Crippen LogP contribution in [0.4, 0.5) is 0 Å². The Balaban J connectivity index is 1.53. The fourth-order valence-electron chi connectivity index (χ4n) is 3.98. The van der Waals surface area contributed by atoms with E-state index < -0.39 is 24.4 Å². The Labute approximate surface area is 187 Å². The topological polar surface area (TPSA) is 79.2 Å². The van der Waals surface area contributed by atoms with Gasteiger partial charge in [0.2, 0.25) is 0 Å². The van der Waals surface area contributed by atoms with Crippen LogP contribution in [0.1, 0.15) is 22.8 Å². The van der Waals surface area contributed by atoms with Crippen LogP contribution in [0.15, 0.2) is 84.9 Å². The summed E-state index contributed by atoms with van der Waals surface area (Å²) < 4.78 is 11.1. The Morgan fingerprint density at radius 1 is 0.875 bits per heavy atom. The molecule has 6 nitrogen and oxygen atoms in total. The molecule has 1 heterocycles. The number of benzene rings is 3. The number of methoxy groups -OCH3 is 1. The molecule has 1 aliphatic heterocycles. The van der Waals surface area contributed by atoms with E-state index in [2.05, 4.69) is 0 Å². The van der Waals surface area contributed by atoms with E-state index in [-0.39, 0.29) is 12.5 Å². The van der Waals surface area contributed by atoms with Crippen molar-refractivity contribution in [2.75, 3.05) is 7.11 Å². The average Bonchev–Trinajstić information content (AvgIpc) is 2.85. The zero-order valence-corrected chi connectivity index (χ0v) is 17.9. The van der Waals surface area contributed by atoms with Crippen molar-refractivity contribution in [2.45, 2.75) is 37.5 Å². The molecule has 0 aliphatic carbocycles. The van der Waals surface area contributed by atoms with Gasteiger partial charge in [0, 0.05) is 6.54 Å². The molecule has 2 N–H and O–H groups in total. The Morgan fingerprint density at radius 2 is 1.47 bits per heavy atom. The highest BCUT2D eigenvalue weighted by Crippen LogP contribution is 2.34. The first-order valence-corrected chi connectivity index (χ1v) is 10.6. The summed E-state index contributed by atoms with van der Waals surface area (Å²) in [5.74, 6) is 0.458. The van der Waals surface area contributed by atoms with Crippen LogP contribution in [0.25, 0.3) is 0 Å². The van der Waals surface area contributed by atoms with Gasteiger partial charge >= 0.3 is 0 Å². The number of amides is 1. The lowest BCUT2D eigenvalue weighted by atomic mass is 9.86. The first-order chi connectivity index (χ1) is 15.6. The van der Waals surface area contributed by atoms with E-state index in [0.29, 0.717) is 17.9 Å². The molecule has 4 atom stereocenters. The molecule has 0 radical (unpaired) electrons. The number of carbonyl (C=O) groups excluding carboxylic acids is 1. The standard InChI is InChI=1S/C26H27NO5/c1-31-21-14-12-20(13-15-21)23(28)24(29)22-25(32-17-19-10-6-3-7-11-19)26(30)27(22)16-18-8-4-2-5-9-18/h2-15,22-25,28-29H,16-17H2,1H3/t22-,23-,24-,25+/m0/s1. The minimum atomic E-state index is -1.22. The zero-order chi connectivity index (χ0) is 22.5. The van der Waals surface area contributed by atoms with Gasteiger partial charge in [0.25, 0.3) is 5.91 Å². The minimum absolute atomic E-state index is 0.198. The number of rotatable bonds is 9. The van der Waals surface area contributed by atoms with Gasteiger partial charge in [-0.2, -0.15) is 0 Å². The molecule has 32 heavy (non-hydrogen) atoms. The molecule has 1 fully saturated rings. The van der Waals surface area contributed by atoms with Gasteiger partial charge in [0.1, 0.15) is 18.0 Å². The predicted molar refractivity (Wildman–Crippen MR) is 120 cm³/mol. The van der Waals surface area contributed by atoms with E-state index in [4.69, 9.17) is 9.47 Å². The quantitative estimate of drug-likeness (QED) is 0.507. The van der Waals surface area contributed by atoms with E-state index in [1.807, 2.05) is 60.7 Å². The largest absolute Gasteiger partial charge is 0.497 e. The Morgan fingerprint density at radius 3 is 2.06 bits per heavy atom. The zero-order valence-electron chi connectivity index (χ0n) is 17.9. The number of carbonyl (C=O) groups is 1. The van der Waals surface area contributed by atoms with Crippen LogP contribution in [0, 0.1) is 0 Å². The number of hydrogen-bond donors (Lipinski definition) is 2. The molecule has 0 aromatic heterocycles. The first kappa shape index (κ1) is 22.0. The molecular formula is C26H27NO5. The van der Waals surface area contributed by atoms with Crippen molar-refractivity contribution < 1.29 is 24.5 Å². The molecule has 166 valence electrons. The van der Waals surface area contributed by atoms with Crippen LogP contribution >= 0.6 is 0 Å². The van der Waals surface area contributed by atoms with Crippen molar-refractivity contribution in [1.29, 1.82) is 0 Å². The summed E-state index contributed by atoms with van der Waals surface area (Å²) in [6.07, 6.45) is -3.23. The fourth-order valence-corrected chi connectivity index (χ4v) is 3.98. The molecule has 0 bridgehead atoms. The van der Waals surface area contributed by atoms with Crippen molar-refractivity contribution in [3.05, 3.63) is 102 Å². The second-order valence-electron chi connectivity index (χ2n) is 7.87. The summed E-state index contributed by atoms with van der Waals surface area (Å²) in [4.78, 5) is 14.5. The molecule has 1 amide bonds. The lowest BCUT2D eigenvalue weighted by molar-refractivity contribution is -0.195. The Bertz CT molecular complexity index is 1010. The summed E-state index contributed by atoms with van der Waals surface area (Å²) in [5, 5.41) is 22.0. The van der Waals surface area contributed by atoms with Gasteiger partial charge in [-0.25, -0.2) is 0 Å². The van der Waals surface area contributed by atoms with E-state index in [9.17, 15) is 15.0 Å². The highest BCUT2D eigenvalue weighted by atomic mass is 16.5. The molecule has 0 spiro atoms. The van der Waals surface area contributed by atoms with Gasteiger partial charge in [0.05, 0.1) is 19.8 Å². The van der Waals surface area contributed by atoms with Crippen LogP contribution in [-0.2, 0) is 22.7 Å². The van der Waals surface area contributed by atoms with Gasteiger partial charge in [-0.05, 0) is 28.8 Å². The fraction of sp³-hybridized carbons (Fsp3) is 0.269. The molecule has 1 saturated heterocycles. The van der Waals surface area contributed by atoms with Crippen LogP contribution < -0.4 is 4.74 Å². The molecule has 0 unspecified atom stereocenters. The summed E-state index contributed by atoms with van der Waals surface area (Å²) >= 11 is 0. The Kier molecular flexibility index (Phi) is 6.85. The summed E-state index contributed by atoms with van der Waals surface area (Å²) in [6, 6.07) is 25.3. The Hall–Kier alpha value is -3.19. The lowest BCUT2D eigenvalue weighted by Gasteiger charge is -2.49. The maximum Gasteiger partial charge on any atom is 0.254 e. The molecule has 4 rings (SSSR count). The highest BCUT2D eigenvalue weighted by molar-refractivity contribution is 5.88. The minimum Gasteiger partial charge on any atom is -0.497 e. The van der Waals surface area contributed by atoms with Gasteiger partial charge in [-0.15, -0.1) is 0 Å². The van der Waals surface area contributed by atoms with E-state index >= 15 is 0 Å². The SMILES string of the molecule is COc1ccc([C@H](O)[C@@H](O)[C@H]2[C@@H](OCc3ccccc3)C(=O)N2Cc2ccccc2)cc1. The molecule has 1 aliphatic rings. The summed E-state index contributed by atoms with van der Waals surface area (Å²) in [6.45, 7) is 0.584. The number of aliphatic hydroxyl groups excluding tert-OH is 2. The van der Waals surface area contributed by atoms with Gasteiger partial charge < -0.3 is 24.6 Å². The van der Waals surface area contributed by atoms with Gasteiger partial charge in [-0.1, -0.05) is 72.8 Å². The normalized spacial score (nSPS) is 19.8. The summed E-state index contributed by atoms with van der Waals surface area (Å²) in [5.41, 5.74) is 2.42. The number of hydrogen-bond acceptors (Lipinski definition) is 5. The predicted octanol–water partition coefficient (Wildman–Crippen LogP) is 3.09. The van der Waals surface area contributed by atoms with Crippen LogP contribution in [0.3, 0.4) is 0 Å². The average molecular weight is 434 g/mol. The van der Waals surface area contributed by atoms with Crippen molar-refractivity contribution in [3.63, 3.8) is 0 Å². The van der Waals surface area contributed by atoms with E-state index in [1.165, 1.54) is 0 Å². The molecule has 3 aromatic carbocycles. The van der Waals surface area contributed by atoms with Crippen LogP contribution in [0.5, 0.6) is 5.75 Å². The van der Waals surface area contributed by atoms with E-state index in [1.54, 1.807) is 36.3 Å². The van der Waals surface area contributed by atoms with Crippen molar-refractivity contribution in [1.82, 2.24) is 4.90 Å². The third-order valence-electron chi connectivity index (χ3n) is 5.80. The first-order valence-electron chi connectivity index (χ1n) is 10.6. The van der Waals surface area contributed by atoms with Crippen LogP contribution in [0.2, 0.25) is 0 Å².